The number of methoxy groups -OCH3 is 1. The molecule has 2 amide bonds. The second kappa shape index (κ2) is 13.5. The van der Waals surface area contributed by atoms with Crippen LogP contribution in [0.5, 0.6) is 5.75 Å². The number of nitro benzene ring substituents is 1. The van der Waals surface area contributed by atoms with Crippen molar-refractivity contribution >= 4 is 33.2 Å². The maximum Gasteiger partial charge on any atom is 0.271 e. The zero-order valence-corrected chi connectivity index (χ0v) is 25.1. The fourth-order valence-corrected chi connectivity index (χ4v) is 5.21. The highest BCUT2D eigenvalue weighted by Gasteiger charge is 2.35. The van der Waals surface area contributed by atoms with Crippen LogP contribution in [0, 0.1) is 10.1 Å². The third-order valence-electron chi connectivity index (χ3n) is 6.29. The molecule has 0 aliphatic heterocycles. The van der Waals surface area contributed by atoms with Crippen molar-refractivity contribution in [2.75, 3.05) is 24.2 Å². The Bertz CT molecular complexity index is 1510. The predicted molar refractivity (Wildman–Crippen MR) is 161 cm³/mol. The first-order valence-electron chi connectivity index (χ1n) is 13.2. The second-order valence-electron chi connectivity index (χ2n) is 10.8. The number of rotatable bonds is 12. The summed E-state index contributed by atoms with van der Waals surface area (Å²) in [6, 6.07) is 20.7. The second-order valence-corrected chi connectivity index (χ2v) is 12.7. The molecule has 0 aliphatic carbocycles. The van der Waals surface area contributed by atoms with Crippen molar-refractivity contribution in [3.8, 4) is 5.75 Å². The van der Waals surface area contributed by atoms with Crippen molar-refractivity contribution in [1.82, 2.24) is 10.2 Å². The van der Waals surface area contributed by atoms with Crippen LogP contribution in [-0.2, 0) is 32.6 Å². The molecule has 11 nitrogen and oxygen atoms in total. The number of hydrogen-bond acceptors (Lipinski definition) is 7. The molecule has 3 rings (SSSR count). The molecule has 0 fully saturated rings. The molecule has 3 aromatic rings. The molecule has 0 heterocycles. The van der Waals surface area contributed by atoms with E-state index in [1.165, 1.54) is 24.1 Å². The number of anilines is 1. The molecule has 1 atom stereocenters. The van der Waals surface area contributed by atoms with E-state index in [1.54, 1.807) is 24.3 Å². The molecule has 0 aromatic heterocycles. The van der Waals surface area contributed by atoms with E-state index >= 15 is 0 Å². The fraction of sp³-hybridized carbons (Fsp3) is 0.333. The molecule has 0 spiro atoms. The Morgan fingerprint density at radius 2 is 1.55 bits per heavy atom. The Hall–Kier alpha value is -4.45. The van der Waals surface area contributed by atoms with Crippen LogP contribution in [-0.4, -0.2) is 61.5 Å². The molecule has 1 N–H and O–H groups in total. The van der Waals surface area contributed by atoms with E-state index in [2.05, 4.69) is 5.32 Å². The third kappa shape index (κ3) is 8.77. The number of hydrogen-bond donors (Lipinski definition) is 1. The highest BCUT2D eigenvalue weighted by molar-refractivity contribution is 7.92. The Balaban J connectivity index is 2.12. The SMILES string of the molecule is COc1ccc([N+](=O)[O-])cc1N(CC(=O)N(Cc1ccccc1)[C@H](Cc1ccccc1)C(=O)NC(C)(C)C)S(C)(=O)=O. The number of amides is 2. The summed E-state index contributed by atoms with van der Waals surface area (Å²) >= 11 is 0. The summed E-state index contributed by atoms with van der Waals surface area (Å²) < 4.78 is 32.1. The van der Waals surface area contributed by atoms with Gasteiger partial charge in [-0.25, -0.2) is 8.42 Å². The summed E-state index contributed by atoms with van der Waals surface area (Å²) in [7, 11) is -2.85. The lowest BCUT2D eigenvalue weighted by Crippen LogP contribution is -2.56. The number of non-ortho nitro benzene ring substituents is 1. The van der Waals surface area contributed by atoms with Crippen LogP contribution in [0.25, 0.3) is 0 Å². The average Bonchev–Trinajstić information content (AvgIpc) is 2.92. The van der Waals surface area contributed by atoms with Gasteiger partial charge in [0.2, 0.25) is 21.8 Å². The molecule has 0 unspecified atom stereocenters. The maximum absolute atomic E-state index is 14.2. The first-order valence-corrected chi connectivity index (χ1v) is 15.0. The van der Waals surface area contributed by atoms with Crippen LogP contribution in [0.1, 0.15) is 31.9 Å². The van der Waals surface area contributed by atoms with E-state index < -0.39 is 44.9 Å². The van der Waals surface area contributed by atoms with E-state index in [0.717, 1.165) is 27.8 Å². The highest BCUT2D eigenvalue weighted by Crippen LogP contribution is 2.34. The van der Waals surface area contributed by atoms with Gasteiger partial charge in [-0.1, -0.05) is 60.7 Å². The average molecular weight is 597 g/mol. The van der Waals surface area contributed by atoms with Crippen LogP contribution in [0.2, 0.25) is 0 Å². The molecule has 0 bridgehead atoms. The Labute approximate surface area is 246 Å². The van der Waals surface area contributed by atoms with Crippen molar-refractivity contribution < 1.29 is 27.7 Å². The number of nitrogens with one attached hydrogen (secondary N) is 1. The minimum absolute atomic E-state index is 0.0123. The standard InChI is InChI=1S/C30H36N4O7S/c1-30(2,3)31-29(36)26(18-22-12-8-6-9-13-22)32(20-23-14-10-7-11-15-23)28(35)21-33(42(5,39)40)25-19-24(34(37)38)16-17-27(25)41-4/h6-17,19,26H,18,20-21H2,1-5H3,(H,31,36)/t26-/m1/s1. The van der Waals surface area contributed by atoms with E-state index in [4.69, 9.17) is 4.74 Å². The summed E-state index contributed by atoms with van der Waals surface area (Å²) in [6.45, 7) is 4.77. The fourth-order valence-electron chi connectivity index (χ4n) is 4.37. The van der Waals surface area contributed by atoms with Crippen molar-refractivity contribution in [1.29, 1.82) is 0 Å². The van der Waals surface area contributed by atoms with Crippen molar-refractivity contribution in [2.45, 2.75) is 45.3 Å². The summed E-state index contributed by atoms with van der Waals surface area (Å²) in [5, 5.41) is 14.4. The number of sulfonamides is 1. The van der Waals surface area contributed by atoms with Gasteiger partial charge >= 0.3 is 0 Å². The van der Waals surface area contributed by atoms with Crippen molar-refractivity contribution in [3.05, 3.63) is 100 Å². The Morgan fingerprint density at radius 1 is 0.976 bits per heavy atom. The maximum atomic E-state index is 14.2. The molecule has 224 valence electrons. The molecule has 0 aliphatic rings. The number of carbonyl (C=O) groups is 2. The van der Waals surface area contributed by atoms with Crippen LogP contribution in [0.3, 0.4) is 0 Å². The number of nitrogens with zero attached hydrogens (tertiary/aromatic N) is 3. The minimum atomic E-state index is -4.15. The molecule has 3 aromatic carbocycles. The number of ether oxygens (including phenoxy) is 1. The van der Waals surface area contributed by atoms with E-state index in [0.29, 0.717) is 0 Å². The number of nitro groups is 1. The molecular weight excluding hydrogens is 560 g/mol. The van der Waals surface area contributed by atoms with E-state index in [9.17, 15) is 28.1 Å². The first-order chi connectivity index (χ1) is 19.7. The number of carbonyl (C=O) groups excluding carboxylic acids is 2. The summed E-state index contributed by atoms with van der Waals surface area (Å²) in [4.78, 5) is 40.1. The highest BCUT2D eigenvalue weighted by atomic mass is 32.2. The van der Waals surface area contributed by atoms with Crippen LogP contribution in [0.4, 0.5) is 11.4 Å². The minimum Gasteiger partial charge on any atom is -0.495 e. The quantitative estimate of drug-likeness (QED) is 0.247. The molecule has 0 saturated heterocycles. The Morgan fingerprint density at radius 3 is 2.05 bits per heavy atom. The van der Waals surface area contributed by atoms with Crippen LogP contribution >= 0.6 is 0 Å². The van der Waals surface area contributed by atoms with Crippen LogP contribution < -0.4 is 14.4 Å². The summed E-state index contributed by atoms with van der Waals surface area (Å²) in [5.41, 5.74) is 0.382. The zero-order valence-electron chi connectivity index (χ0n) is 24.3. The molecular formula is C30H36N4O7S. The van der Waals surface area contributed by atoms with Gasteiger partial charge in [-0.2, -0.15) is 0 Å². The lowest BCUT2D eigenvalue weighted by molar-refractivity contribution is -0.384. The van der Waals surface area contributed by atoms with E-state index in [1.807, 2.05) is 57.2 Å². The zero-order chi connectivity index (χ0) is 31.1. The van der Waals surface area contributed by atoms with Gasteiger partial charge in [0.15, 0.2) is 0 Å². The van der Waals surface area contributed by atoms with Crippen molar-refractivity contribution in [2.24, 2.45) is 0 Å². The Kier molecular flexibility index (Phi) is 10.3. The third-order valence-corrected chi connectivity index (χ3v) is 7.41. The number of benzene rings is 3. The predicted octanol–water partition coefficient (Wildman–Crippen LogP) is 3.92. The monoisotopic (exact) mass is 596 g/mol. The van der Waals surface area contributed by atoms with Gasteiger partial charge in [0, 0.05) is 30.6 Å². The summed E-state index contributed by atoms with van der Waals surface area (Å²) in [6.07, 6.45) is 1.06. The lowest BCUT2D eigenvalue weighted by Gasteiger charge is -2.35. The van der Waals surface area contributed by atoms with Crippen LogP contribution in [0.15, 0.2) is 78.9 Å². The van der Waals surface area contributed by atoms with Gasteiger partial charge < -0.3 is 15.0 Å². The first kappa shape index (κ1) is 32.1. The molecule has 0 radical (unpaired) electrons. The van der Waals surface area contributed by atoms with Gasteiger partial charge in [0.1, 0.15) is 24.0 Å². The van der Waals surface area contributed by atoms with Crippen molar-refractivity contribution in [3.63, 3.8) is 0 Å². The molecule has 0 saturated carbocycles. The summed E-state index contributed by atoms with van der Waals surface area (Å²) in [5.74, 6) is -1.06. The molecule has 42 heavy (non-hydrogen) atoms. The van der Waals surface area contributed by atoms with Gasteiger partial charge in [-0.3, -0.25) is 24.0 Å². The smallest absolute Gasteiger partial charge is 0.271 e. The van der Waals surface area contributed by atoms with Gasteiger partial charge in [0.25, 0.3) is 5.69 Å². The van der Waals surface area contributed by atoms with E-state index in [-0.39, 0.29) is 30.1 Å². The lowest BCUT2D eigenvalue weighted by atomic mass is 10.0. The molecule has 12 heteroatoms. The largest absolute Gasteiger partial charge is 0.495 e. The van der Waals surface area contributed by atoms with Gasteiger partial charge in [-0.15, -0.1) is 0 Å². The van der Waals surface area contributed by atoms with Gasteiger partial charge in [-0.05, 0) is 38.0 Å². The normalized spacial score (nSPS) is 12.2. The van der Waals surface area contributed by atoms with Gasteiger partial charge in [0.05, 0.1) is 18.3 Å². The topological polar surface area (TPSA) is 139 Å².